The van der Waals surface area contributed by atoms with Crippen LogP contribution >= 0.6 is 0 Å². The zero-order chi connectivity index (χ0) is 13.0. The fourth-order valence-corrected chi connectivity index (χ4v) is 2.53. The number of nitrogens with zero attached hydrogens (tertiary/aromatic N) is 3. The summed E-state index contributed by atoms with van der Waals surface area (Å²) in [5.41, 5.74) is 1.13. The molecule has 96 valence electrons. The van der Waals surface area contributed by atoms with Gasteiger partial charge in [0.05, 0.1) is 4.90 Å². The summed E-state index contributed by atoms with van der Waals surface area (Å²) in [6.45, 7) is 2.08. The van der Waals surface area contributed by atoms with Gasteiger partial charge in [0.2, 0.25) is 0 Å². The number of hydrogen-bond donors (Lipinski definition) is 1. The van der Waals surface area contributed by atoms with Crippen molar-refractivity contribution in [2.75, 3.05) is 4.83 Å². The number of sulfonamides is 1. The molecular weight excluding hydrogens is 252 g/mol. The molecule has 0 bridgehead atoms. The highest BCUT2D eigenvalue weighted by Gasteiger charge is 2.13. The van der Waals surface area contributed by atoms with Gasteiger partial charge in [-0.1, -0.05) is 25.5 Å². The molecular formula is C11H14N4O2S. The molecule has 1 heterocycles. The Morgan fingerprint density at radius 3 is 2.33 bits per heavy atom. The first-order valence-corrected chi connectivity index (χ1v) is 7.06. The van der Waals surface area contributed by atoms with Crippen molar-refractivity contribution in [3.8, 4) is 0 Å². The molecule has 18 heavy (non-hydrogen) atoms. The molecule has 0 aliphatic rings. The number of aryl methyl sites for hydroxylation is 1. The molecule has 0 fully saturated rings. The van der Waals surface area contributed by atoms with Crippen LogP contribution in [0, 0.1) is 0 Å². The van der Waals surface area contributed by atoms with E-state index in [2.05, 4.69) is 22.0 Å². The molecule has 0 atom stereocenters. The van der Waals surface area contributed by atoms with E-state index in [0.29, 0.717) is 0 Å². The average molecular weight is 266 g/mol. The summed E-state index contributed by atoms with van der Waals surface area (Å²) in [4.78, 5) is 2.55. The van der Waals surface area contributed by atoms with Gasteiger partial charge in [0, 0.05) is 0 Å². The van der Waals surface area contributed by atoms with Crippen LogP contribution in [0.2, 0.25) is 0 Å². The van der Waals surface area contributed by atoms with Crippen LogP contribution in [0.5, 0.6) is 0 Å². The van der Waals surface area contributed by atoms with Gasteiger partial charge >= 0.3 is 0 Å². The fraction of sp³-hybridized carbons (Fsp3) is 0.273. The molecule has 1 aromatic carbocycles. The van der Waals surface area contributed by atoms with Gasteiger partial charge in [0.15, 0.2) is 0 Å². The summed E-state index contributed by atoms with van der Waals surface area (Å²) in [5, 5.41) is 7.05. The monoisotopic (exact) mass is 266 g/mol. The van der Waals surface area contributed by atoms with Crippen LogP contribution in [0.3, 0.4) is 0 Å². The van der Waals surface area contributed by atoms with Gasteiger partial charge in [0.25, 0.3) is 10.0 Å². The largest absolute Gasteiger partial charge is 0.275 e. The predicted octanol–water partition coefficient (Wildman–Crippen LogP) is 1.16. The molecule has 0 saturated carbocycles. The SMILES string of the molecule is CCCc1ccc(S(=O)(=O)Nn2cnnc2)cc1. The number of nitrogens with one attached hydrogen (secondary N) is 1. The third-order valence-corrected chi connectivity index (χ3v) is 3.76. The number of benzene rings is 1. The molecule has 2 rings (SSSR count). The van der Waals surface area contributed by atoms with Crippen LogP contribution in [0.25, 0.3) is 0 Å². The van der Waals surface area contributed by atoms with Crippen molar-refractivity contribution < 1.29 is 8.42 Å². The average Bonchev–Trinajstić information content (AvgIpc) is 2.82. The second kappa shape index (κ2) is 5.18. The minimum atomic E-state index is -3.58. The first-order chi connectivity index (χ1) is 8.62. The lowest BCUT2D eigenvalue weighted by atomic mass is 10.1. The third-order valence-electron chi connectivity index (χ3n) is 2.42. The molecule has 1 aromatic heterocycles. The van der Waals surface area contributed by atoms with Crippen LogP contribution in [-0.4, -0.2) is 23.3 Å². The molecule has 0 aliphatic carbocycles. The highest BCUT2D eigenvalue weighted by Crippen LogP contribution is 2.12. The molecule has 2 aromatic rings. The molecule has 0 radical (unpaired) electrons. The van der Waals surface area contributed by atoms with Crippen LogP contribution in [0.1, 0.15) is 18.9 Å². The van der Waals surface area contributed by atoms with Gasteiger partial charge in [-0.25, -0.2) is 9.51 Å². The van der Waals surface area contributed by atoms with E-state index in [1.54, 1.807) is 12.1 Å². The Balaban J connectivity index is 2.19. The standard InChI is InChI=1S/C11H14N4O2S/c1-2-3-10-4-6-11(7-5-10)18(16,17)14-15-8-12-13-9-15/h4-9,14H,2-3H2,1H3. The molecule has 0 spiro atoms. The summed E-state index contributed by atoms with van der Waals surface area (Å²) >= 11 is 0. The van der Waals surface area contributed by atoms with Crippen LogP contribution in [0.15, 0.2) is 41.8 Å². The molecule has 0 aliphatic heterocycles. The maximum absolute atomic E-state index is 12.0. The number of aromatic nitrogens is 3. The lowest BCUT2D eigenvalue weighted by Gasteiger charge is -2.08. The third kappa shape index (κ3) is 2.86. The number of rotatable bonds is 5. The molecule has 7 heteroatoms. The minimum absolute atomic E-state index is 0.219. The van der Waals surface area contributed by atoms with Gasteiger partial charge in [0.1, 0.15) is 12.7 Å². The van der Waals surface area contributed by atoms with Gasteiger partial charge in [-0.2, -0.15) is 8.42 Å². The molecule has 6 nitrogen and oxygen atoms in total. The second-order valence-corrected chi connectivity index (χ2v) is 5.52. The molecule has 0 amide bonds. The van der Waals surface area contributed by atoms with Crippen LogP contribution in [-0.2, 0) is 16.4 Å². The summed E-state index contributed by atoms with van der Waals surface area (Å²) < 4.78 is 25.2. The minimum Gasteiger partial charge on any atom is -0.221 e. The summed E-state index contributed by atoms with van der Waals surface area (Å²) in [7, 11) is -3.58. The zero-order valence-corrected chi connectivity index (χ0v) is 10.8. The van der Waals surface area contributed by atoms with E-state index in [0.717, 1.165) is 18.4 Å². The van der Waals surface area contributed by atoms with Crippen molar-refractivity contribution in [1.82, 2.24) is 14.9 Å². The van der Waals surface area contributed by atoms with Crippen molar-refractivity contribution in [1.29, 1.82) is 0 Å². The van der Waals surface area contributed by atoms with Gasteiger partial charge in [-0.05, 0) is 24.1 Å². The van der Waals surface area contributed by atoms with Crippen molar-refractivity contribution in [2.45, 2.75) is 24.7 Å². The summed E-state index contributed by atoms with van der Waals surface area (Å²) in [5.74, 6) is 0. The Bertz CT molecular complexity index is 590. The smallest absolute Gasteiger partial charge is 0.221 e. The first-order valence-electron chi connectivity index (χ1n) is 5.58. The highest BCUT2D eigenvalue weighted by atomic mass is 32.2. The zero-order valence-electron chi connectivity index (χ0n) is 9.94. The molecule has 0 unspecified atom stereocenters. The topological polar surface area (TPSA) is 76.9 Å². The second-order valence-electron chi connectivity index (χ2n) is 3.86. The predicted molar refractivity (Wildman–Crippen MR) is 67.0 cm³/mol. The molecule has 0 saturated heterocycles. The van der Waals surface area contributed by atoms with E-state index in [4.69, 9.17) is 0 Å². The van der Waals surface area contributed by atoms with Gasteiger partial charge < -0.3 is 0 Å². The maximum atomic E-state index is 12.0. The van der Waals surface area contributed by atoms with E-state index < -0.39 is 10.0 Å². The first kappa shape index (κ1) is 12.6. The van der Waals surface area contributed by atoms with Crippen molar-refractivity contribution in [2.24, 2.45) is 0 Å². The Morgan fingerprint density at radius 2 is 1.78 bits per heavy atom. The van der Waals surface area contributed by atoms with Crippen molar-refractivity contribution >= 4 is 10.0 Å². The number of hydrogen-bond acceptors (Lipinski definition) is 4. The Labute approximate surface area is 106 Å². The lowest BCUT2D eigenvalue weighted by molar-refractivity contribution is 0.595. The van der Waals surface area contributed by atoms with E-state index in [1.807, 2.05) is 12.1 Å². The fourth-order valence-electron chi connectivity index (χ4n) is 1.56. The summed E-state index contributed by atoms with van der Waals surface area (Å²) in [6.07, 6.45) is 4.54. The van der Waals surface area contributed by atoms with E-state index in [9.17, 15) is 8.42 Å². The Kier molecular flexibility index (Phi) is 3.61. The van der Waals surface area contributed by atoms with E-state index in [-0.39, 0.29) is 4.90 Å². The quantitative estimate of drug-likeness (QED) is 0.881. The normalized spacial score (nSPS) is 11.4. The van der Waals surface area contributed by atoms with Crippen LogP contribution < -0.4 is 4.83 Å². The lowest BCUT2D eigenvalue weighted by Crippen LogP contribution is -2.21. The Morgan fingerprint density at radius 1 is 1.17 bits per heavy atom. The maximum Gasteiger partial charge on any atom is 0.275 e. The van der Waals surface area contributed by atoms with Crippen LogP contribution in [0.4, 0.5) is 0 Å². The highest BCUT2D eigenvalue weighted by molar-refractivity contribution is 7.92. The molecule has 1 N–H and O–H groups in total. The van der Waals surface area contributed by atoms with E-state index >= 15 is 0 Å². The summed E-state index contributed by atoms with van der Waals surface area (Å²) in [6, 6.07) is 6.84. The van der Waals surface area contributed by atoms with Gasteiger partial charge in [-0.3, -0.25) is 0 Å². The van der Waals surface area contributed by atoms with Gasteiger partial charge in [-0.15, -0.1) is 10.2 Å². The van der Waals surface area contributed by atoms with Crippen molar-refractivity contribution in [3.63, 3.8) is 0 Å². The Hall–Kier alpha value is -1.89. The van der Waals surface area contributed by atoms with Crippen molar-refractivity contribution in [3.05, 3.63) is 42.5 Å². The van der Waals surface area contributed by atoms with E-state index in [1.165, 1.54) is 17.3 Å².